The van der Waals surface area contributed by atoms with Crippen molar-refractivity contribution < 1.29 is 5.11 Å². The number of piperidine rings is 2. The summed E-state index contributed by atoms with van der Waals surface area (Å²) in [6.07, 6.45) is 3.96. The normalized spacial score (nSPS) is 32.0. The van der Waals surface area contributed by atoms with E-state index < -0.39 is 0 Å². The molecule has 0 bridgehead atoms. The molecule has 2 heterocycles. The molecule has 6 heteroatoms. The van der Waals surface area contributed by atoms with Crippen molar-refractivity contribution in [2.45, 2.75) is 49.8 Å². The first-order valence-electron chi connectivity index (χ1n) is 8.87. The Hall–Kier alpha value is -0.360. The summed E-state index contributed by atoms with van der Waals surface area (Å²) in [7, 11) is 0. The zero-order valence-electron chi connectivity index (χ0n) is 13.9. The minimum atomic E-state index is -0.157. The third-order valence-corrected chi connectivity index (χ3v) is 6.08. The van der Waals surface area contributed by atoms with Gasteiger partial charge in [-0.1, -0.05) is 29.3 Å². The van der Waals surface area contributed by atoms with E-state index in [0.717, 1.165) is 51.9 Å². The third-order valence-electron chi connectivity index (χ3n) is 5.34. The topological polar surface area (TPSA) is 61.5 Å². The maximum Gasteiger partial charge on any atom is 0.0667 e. The minimum absolute atomic E-state index is 0.0929. The van der Waals surface area contributed by atoms with Crippen molar-refractivity contribution in [3.8, 4) is 0 Å². The fourth-order valence-electron chi connectivity index (χ4n) is 3.93. The molecule has 2 aliphatic heterocycles. The van der Waals surface area contributed by atoms with Crippen molar-refractivity contribution in [3.05, 3.63) is 33.8 Å². The van der Waals surface area contributed by atoms with Gasteiger partial charge in [0.15, 0.2) is 0 Å². The summed E-state index contributed by atoms with van der Waals surface area (Å²) in [5.41, 5.74) is 7.51. The number of benzene rings is 1. The van der Waals surface area contributed by atoms with Gasteiger partial charge in [0.1, 0.15) is 0 Å². The lowest BCUT2D eigenvalue weighted by atomic mass is 9.82. The van der Waals surface area contributed by atoms with Gasteiger partial charge in [-0.2, -0.15) is 0 Å². The molecule has 1 aromatic rings. The number of halogens is 2. The highest BCUT2D eigenvalue weighted by Crippen LogP contribution is 2.32. The molecule has 0 saturated carbocycles. The molecular formula is C18H27Cl2N3O. The summed E-state index contributed by atoms with van der Waals surface area (Å²) in [6, 6.07) is 6.40. The minimum Gasteiger partial charge on any atom is -0.392 e. The summed E-state index contributed by atoms with van der Waals surface area (Å²) >= 11 is 12.2. The molecule has 2 saturated heterocycles. The zero-order chi connectivity index (χ0) is 17.1. The highest BCUT2D eigenvalue weighted by Gasteiger charge is 2.29. The van der Waals surface area contributed by atoms with E-state index in [-0.39, 0.29) is 12.1 Å². The SMILES string of the molecule is N[C@@H]1CNC(CCN2CCCC(O)C2)C[C@H]1c1ccc(Cl)c(Cl)c1. The van der Waals surface area contributed by atoms with Crippen LogP contribution in [0.25, 0.3) is 0 Å². The second kappa shape index (κ2) is 8.35. The van der Waals surface area contributed by atoms with Gasteiger partial charge in [0.05, 0.1) is 16.1 Å². The highest BCUT2D eigenvalue weighted by atomic mass is 35.5. The van der Waals surface area contributed by atoms with E-state index in [2.05, 4.69) is 10.2 Å². The van der Waals surface area contributed by atoms with Crippen LogP contribution in [-0.2, 0) is 0 Å². The van der Waals surface area contributed by atoms with Gasteiger partial charge < -0.3 is 21.1 Å². The molecule has 4 atom stereocenters. The Labute approximate surface area is 154 Å². The molecule has 0 amide bonds. The molecule has 0 radical (unpaired) electrons. The number of nitrogens with zero attached hydrogens (tertiary/aromatic N) is 1. The van der Waals surface area contributed by atoms with E-state index in [1.807, 2.05) is 18.2 Å². The predicted molar refractivity (Wildman–Crippen MR) is 99.9 cm³/mol. The standard InChI is InChI=1S/C18H27Cl2N3O/c19-16-4-3-12(8-17(16)20)15-9-13(22-10-18(15)21)5-7-23-6-1-2-14(24)11-23/h3-4,8,13-15,18,22,24H,1-2,5-7,9-11,21H2/t13?,14?,15-,18+/m0/s1. The van der Waals surface area contributed by atoms with Gasteiger partial charge >= 0.3 is 0 Å². The summed E-state index contributed by atoms with van der Waals surface area (Å²) in [5, 5.41) is 14.5. The summed E-state index contributed by atoms with van der Waals surface area (Å²) in [4.78, 5) is 2.37. The van der Waals surface area contributed by atoms with E-state index in [0.29, 0.717) is 22.0 Å². The molecule has 0 spiro atoms. The molecule has 4 N–H and O–H groups in total. The fourth-order valence-corrected chi connectivity index (χ4v) is 4.24. The first-order valence-corrected chi connectivity index (χ1v) is 9.63. The van der Waals surface area contributed by atoms with Crippen LogP contribution < -0.4 is 11.1 Å². The van der Waals surface area contributed by atoms with Gasteiger partial charge in [0.25, 0.3) is 0 Å². The van der Waals surface area contributed by atoms with E-state index in [9.17, 15) is 5.11 Å². The molecule has 134 valence electrons. The van der Waals surface area contributed by atoms with Crippen LogP contribution in [-0.4, -0.2) is 54.4 Å². The zero-order valence-corrected chi connectivity index (χ0v) is 15.4. The lowest BCUT2D eigenvalue weighted by molar-refractivity contribution is 0.0676. The van der Waals surface area contributed by atoms with Crippen molar-refractivity contribution in [1.29, 1.82) is 0 Å². The summed E-state index contributed by atoms with van der Waals surface area (Å²) in [6.45, 7) is 3.75. The first-order chi connectivity index (χ1) is 11.5. The summed E-state index contributed by atoms with van der Waals surface area (Å²) in [5.74, 6) is 0.304. The number of aliphatic hydroxyl groups is 1. The first kappa shape index (κ1) is 18.4. The van der Waals surface area contributed by atoms with Gasteiger partial charge in [-0.3, -0.25) is 0 Å². The lowest BCUT2D eigenvalue weighted by Gasteiger charge is -2.37. The smallest absolute Gasteiger partial charge is 0.0667 e. The highest BCUT2D eigenvalue weighted by molar-refractivity contribution is 6.42. The van der Waals surface area contributed by atoms with Crippen molar-refractivity contribution in [2.75, 3.05) is 26.2 Å². The quantitative estimate of drug-likeness (QED) is 0.761. The monoisotopic (exact) mass is 371 g/mol. The lowest BCUT2D eigenvalue weighted by Crippen LogP contribution is -2.51. The molecule has 2 aliphatic rings. The molecule has 2 unspecified atom stereocenters. The number of β-amino-alcohol motifs (C(OH)–C–C–N with tert-alkyl or cyclic N) is 1. The Kier molecular flexibility index (Phi) is 6.41. The molecule has 2 fully saturated rings. The van der Waals surface area contributed by atoms with E-state index in [4.69, 9.17) is 28.9 Å². The molecular weight excluding hydrogens is 345 g/mol. The van der Waals surface area contributed by atoms with Crippen molar-refractivity contribution >= 4 is 23.2 Å². The molecule has 0 aromatic heterocycles. The van der Waals surface area contributed by atoms with Crippen molar-refractivity contribution in [3.63, 3.8) is 0 Å². The Morgan fingerprint density at radius 1 is 1.29 bits per heavy atom. The maximum atomic E-state index is 9.79. The number of nitrogens with one attached hydrogen (secondary N) is 1. The van der Waals surface area contributed by atoms with Gasteiger partial charge in [-0.25, -0.2) is 0 Å². The van der Waals surface area contributed by atoms with Crippen molar-refractivity contribution in [1.82, 2.24) is 10.2 Å². The van der Waals surface area contributed by atoms with Gasteiger partial charge in [-0.05, 0) is 56.5 Å². The number of rotatable bonds is 4. The van der Waals surface area contributed by atoms with Crippen LogP contribution in [0.1, 0.15) is 37.2 Å². The largest absolute Gasteiger partial charge is 0.392 e. The van der Waals surface area contributed by atoms with Crippen LogP contribution in [0.15, 0.2) is 18.2 Å². The van der Waals surface area contributed by atoms with Gasteiger partial charge in [-0.15, -0.1) is 0 Å². The average Bonchev–Trinajstić information content (AvgIpc) is 2.57. The summed E-state index contributed by atoms with van der Waals surface area (Å²) < 4.78 is 0. The molecule has 4 nitrogen and oxygen atoms in total. The molecule has 24 heavy (non-hydrogen) atoms. The fraction of sp³-hybridized carbons (Fsp3) is 0.667. The Morgan fingerprint density at radius 3 is 2.88 bits per heavy atom. The molecule has 3 rings (SSSR count). The Balaban J connectivity index is 1.57. The molecule has 1 aromatic carbocycles. The number of hydrogen-bond acceptors (Lipinski definition) is 4. The van der Waals surface area contributed by atoms with Crippen LogP contribution in [0.3, 0.4) is 0 Å². The van der Waals surface area contributed by atoms with Crippen LogP contribution in [0.5, 0.6) is 0 Å². The van der Waals surface area contributed by atoms with Crippen LogP contribution in [0, 0.1) is 0 Å². The number of nitrogens with two attached hydrogens (primary N) is 1. The third kappa shape index (κ3) is 4.63. The van der Waals surface area contributed by atoms with Gasteiger partial charge in [0.2, 0.25) is 0 Å². The van der Waals surface area contributed by atoms with E-state index in [1.165, 1.54) is 5.56 Å². The maximum absolute atomic E-state index is 9.79. The van der Waals surface area contributed by atoms with Gasteiger partial charge in [0, 0.05) is 31.1 Å². The Bertz CT molecular complexity index is 557. The van der Waals surface area contributed by atoms with Crippen LogP contribution in [0.2, 0.25) is 10.0 Å². The second-order valence-electron chi connectivity index (χ2n) is 7.17. The van der Waals surface area contributed by atoms with E-state index >= 15 is 0 Å². The Morgan fingerprint density at radius 2 is 2.12 bits per heavy atom. The predicted octanol–water partition coefficient (Wildman–Crippen LogP) is 2.61. The molecule has 0 aliphatic carbocycles. The number of hydrogen-bond donors (Lipinski definition) is 3. The second-order valence-corrected chi connectivity index (χ2v) is 7.98. The number of likely N-dealkylation sites (tertiary alicyclic amines) is 1. The van der Waals surface area contributed by atoms with E-state index in [1.54, 1.807) is 0 Å². The van der Waals surface area contributed by atoms with Crippen LogP contribution in [0.4, 0.5) is 0 Å². The van der Waals surface area contributed by atoms with Crippen LogP contribution >= 0.6 is 23.2 Å². The average molecular weight is 372 g/mol. The van der Waals surface area contributed by atoms with Crippen molar-refractivity contribution in [2.24, 2.45) is 5.73 Å². The number of aliphatic hydroxyl groups excluding tert-OH is 1.